The van der Waals surface area contributed by atoms with Crippen molar-refractivity contribution in [1.82, 2.24) is 15.1 Å². The zero-order valence-corrected chi connectivity index (χ0v) is 18.1. The number of aryl methyl sites for hydroxylation is 1. The van der Waals surface area contributed by atoms with Crippen LogP contribution in [0.4, 0.5) is 0 Å². The van der Waals surface area contributed by atoms with E-state index in [2.05, 4.69) is 12.2 Å². The van der Waals surface area contributed by atoms with Gasteiger partial charge < -0.3 is 10.2 Å². The summed E-state index contributed by atoms with van der Waals surface area (Å²) in [5, 5.41) is 8.46. The largest absolute Gasteiger partial charge is 0.345 e. The van der Waals surface area contributed by atoms with Gasteiger partial charge in [0.15, 0.2) is 6.54 Å². The summed E-state index contributed by atoms with van der Waals surface area (Å²) < 4.78 is 1.97. The molecule has 0 aliphatic heterocycles. The van der Waals surface area contributed by atoms with Gasteiger partial charge in [0.1, 0.15) is 6.54 Å². The normalized spacial score (nSPS) is 13.1. The van der Waals surface area contributed by atoms with Crippen LogP contribution in [0.15, 0.2) is 54.6 Å². The third-order valence-corrected chi connectivity index (χ3v) is 5.38. The minimum absolute atomic E-state index is 0.0238. The number of likely N-dealkylation sites (N-methyl/N-ethyl adjacent to an activating group) is 1. The van der Waals surface area contributed by atoms with E-state index < -0.39 is 0 Å². The highest BCUT2D eigenvalue weighted by Gasteiger charge is 2.19. The maximum absolute atomic E-state index is 12.5. The highest BCUT2D eigenvalue weighted by atomic mass is 35.5. The predicted molar refractivity (Wildman–Crippen MR) is 117 cm³/mol. The number of para-hydroxylation sites is 1. The molecule has 2 N–H and O–H groups in total. The van der Waals surface area contributed by atoms with Gasteiger partial charge in [-0.2, -0.15) is 5.10 Å². The van der Waals surface area contributed by atoms with E-state index in [1.165, 1.54) is 5.56 Å². The van der Waals surface area contributed by atoms with E-state index in [0.717, 1.165) is 34.1 Å². The molecule has 3 aromatic rings. The first kappa shape index (κ1) is 21.1. The molecule has 5 nitrogen and oxygen atoms in total. The van der Waals surface area contributed by atoms with E-state index >= 15 is 0 Å². The molecule has 1 unspecified atom stereocenters. The van der Waals surface area contributed by atoms with Crippen molar-refractivity contribution in [3.63, 3.8) is 0 Å². The van der Waals surface area contributed by atoms with Gasteiger partial charge in [0.05, 0.1) is 35.7 Å². The molecular weight excluding hydrogens is 384 g/mol. The molecule has 1 heterocycles. The maximum Gasteiger partial charge on any atom is 0.275 e. The summed E-state index contributed by atoms with van der Waals surface area (Å²) in [6.07, 6.45) is 0. The predicted octanol–water partition coefficient (Wildman–Crippen LogP) is 3.03. The molecule has 1 aromatic heterocycles. The monoisotopic (exact) mass is 411 g/mol. The van der Waals surface area contributed by atoms with Gasteiger partial charge in [-0.05, 0) is 50.6 Å². The molecule has 0 saturated heterocycles. The summed E-state index contributed by atoms with van der Waals surface area (Å²) in [7, 11) is 2.03. The summed E-state index contributed by atoms with van der Waals surface area (Å²) in [4.78, 5) is 13.6. The lowest BCUT2D eigenvalue weighted by molar-refractivity contribution is -0.885. The van der Waals surface area contributed by atoms with Gasteiger partial charge in [-0.25, -0.2) is 4.68 Å². The molecule has 0 radical (unpaired) electrons. The first-order valence-corrected chi connectivity index (χ1v) is 10.2. The second kappa shape index (κ2) is 9.25. The highest BCUT2D eigenvalue weighted by Crippen LogP contribution is 2.17. The Balaban J connectivity index is 1.62. The lowest BCUT2D eigenvalue weighted by atomic mass is 10.1. The topological polar surface area (TPSA) is 51.4 Å². The fourth-order valence-corrected chi connectivity index (χ4v) is 3.64. The van der Waals surface area contributed by atoms with Crippen molar-refractivity contribution >= 4 is 17.5 Å². The van der Waals surface area contributed by atoms with Gasteiger partial charge in [0.2, 0.25) is 0 Å². The van der Waals surface area contributed by atoms with Crippen molar-refractivity contribution in [1.29, 1.82) is 0 Å². The van der Waals surface area contributed by atoms with Crippen LogP contribution in [-0.4, -0.2) is 29.3 Å². The number of halogens is 1. The number of amides is 1. The van der Waals surface area contributed by atoms with Crippen LogP contribution in [0.3, 0.4) is 0 Å². The van der Waals surface area contributed by atoms with Crippen molar-refractivity contribution in [2.24, 2.45) is 0 Å². The van der Waals surface area contributed by atoms with Gasteiger partial charge in [0.25, 0.3) is 5.91 Å². The number of carbonyl (C=O) groups excluding carboxylic acids is 1. The Bertz CT molecular complexity index is 967. The molecule has 0 bridgehead atoms. The molecule has 3 rings (SSSR count). The van der Waals surface area contributed by atoms with Crippen LogP contribution >= 0.6 is 11.6 Å². The summed E-state index contributed by atoms with van der Waals surface area (Å²) in [5.41, 5.74) is 5.39. The summed E-state index contributed by atoms with van der Waals surface area (Å²) in [6.45, 7) is 7.23. The number of aromatic nitrogens is 2. The first-order chi connectivity index (χ1) is 13.8. The van der Waals surface area contributed by atoms with Crippen molar-refractivity contribution in [3.05, 3.63) is 82.1 Å². The molecule has 2 atom stereocenters. The van der Waals surface area contributed by atoms with Crippen molar-refractivity contribution in [2.45, 2.75) is 33.4 Å². The van der Waals surface area contributed by atoms with Crippen molar-refractivity contribution in [2.75, 3.05) is 13.6 Å². The number of hydrogen-bond donors (Lipinski definition) is 2. The van der Waals surface area contributed by atoms with E-state index in [-0.39, 0.29) is 11.9 Å². The van der Waals surface area contributed by atoms with Crippen molar-refractivity contribution < 1.29 is 9.69 Å². The number of nitrogens with one attached hydrogen (secondary N) is 2. The van der Waals surface area contributed by atoms with Gasteiger partial charge in [0, 0.05) is 5.02 Å². The quantitative estimate of drug-likeness (QED) is 0.627. The van der Waals surface area contributed by atoms with Gasteiger partial charge in [-0.3, -0.25) is 4.79 Å². The fraction of sp³-hybridized carbons (Fsp3) is 0.304. The molecule has 6 heteroatoms. The van der Waals surface area contributed by atoms with Gasteiger partial charge >= 0.3 is 0 Å². The van der Waals surface area contributed by atoms with Crippen LogP contribution < -0.4 is 10.2 Å². The molecule has 0 aliphatic rings. The number of rotatable bonds is 7. The highest BCUT2D eigenvalue weighted by molar-refractivity contribution is 6.30. The molecule has 29 heavy (non-hydrogen) atoms. The summed E-state index contributed by atoms with van der Waals surface area (Å²) in [6, 6.07) is 17.6. The average Bonchev–Trinajstić information content (AvgIpc) is 2.97. The molecule has 0 spiro atoms. The number of benzene rings is 2. The second-order valence-corrected chi connectivity index (χ2v) is 7.98. The standard InChI is InChI=1S/C23H27ClN4O/c1-16(19-10-12-20(24)13-11-19)25-23(29)15-27(4)14-22-17(2)26-28(18(22)3)21-8-6-5-7-9-21/h5-13,16H,14-15H2,1-4H3,(H,25,29)/p+1/t16-/m0/s1. The molecule has 0 fully saturated rings. The molecule has 1 amide bonds. The molecular formula is C23H28ClN4O+. The van der Waals surface area contributed by atoms with E-state index in [1.54, 1.807) is 0 Å². The third-order valence-electron chi connectivity index (χ3n) is 5.13. The summed E-state index contributed by atoms with van der Waals surface area (Å²) in [5.74, 6) is 0.0238. The van der Waals surface area contributed by atoms with E-state index in [1.807, 2.05) is 80.2 Å². The fourth-order valence-electron chi connectivity index (χ4n) is 3.52. The van der Waals surface area contributed by atoms with Crippen LogP contribution in [0.5, 0.6) is 0 Å². The van der Waals surface area contributed by atoms with E-state index in [9.17, 15) is 4.79 Å². The Morgan fingerprint density at radius 1 is 1.14 bits per heavy atom. The molecule has 0 aliphatic carbocycles. The minimum Gasteiger partial charge on any atom is -0.345 e. The van der Waals surface area contributed by atoms with Crippen LogP contribution in [0.25, 0.3) is 5.69 Å². The van der Waals surface area contributed by atoms with Gasteiger partial charge in [-0.1, -0.05) is 41.9 Å². The Labute approximate surface area is 177 Å². The molecule has 152 valence electrons. The Morgan fingerprint density at radius 2 is 1.79 bits per heavy atom. The SMILES string of the molecule is Cc1nn(-c2ccccc2)c(C)c1C[NH+](C)CC(=O)N[C@@H](C)c1ccc(Cl)cc1. The third kappa shape index (κ3) is 5.25. The number of carbonyl (C=O) groups is 1. The van der Waals surface area contributed by atoms with Crippen LogP contribution in [-0.2, 0) is 11.3 Å². The Hall–Kier alpha value is -2.63. The number of quaternary nitrogens is 1. The van der Waals surface area contributed by atoms with Crippen molar-refractivity contribution in [3.8, 4) is 5.69 Å². The van der Waals surface area contributed by atoms with E-state index in [0.29, 0.717) is 11.6 Å². The van der Waals surface area contributed by atoms with Crippen LogP contribution in [0, 0.1) is 13.8 Å². The maximum atomic E-state index is 12.5. The van der Waals surface area contributed by atoms with Crippen LogP contribution in [0.1, 0.15) is 35.5 Å². The molecule has 0 saturated carbocycles. The lowest BCUT2D eigenvalue weighted by Crippen LogP contribution is -3.09. The Morgan fingerprint density at radius 3 is 2.45 bits per heavy atom. The second-order valence-electron chi connectivity index (χ2n) is 7.55. The lowest BCUT2D eigenvalue weighted by Gasteiger charge is -2.18. The average molecular weight is 412 g/mol. The van der Waals surface area contributed by atoms with Crippen LogP contribution in [0.2, 0.25) is 5.02 Å². The summed E-state index contributed by atoms with van der Waals surface area (Å²) >= 11 is 5.94. The zero-order valence-electron chi connectivity index (χ0n) is 17.4. The Kier molecular flexibility index (Phi) is 6.72. The molecule has 2 aromatic carbocycles. The number of nitrogens with zero attached hydrogens (tertiary/aromatic N) is 2. The zero-order chi connectivity index (χ0) is 21.0. The first-order valence-electron chi connectivity index (χ1n) is 9.81. The number of hydrogen-bond acceptors (Lipinski definition) is 2. The smallest absolute Gasteiger partial charge is 0.275 e. The minimum atomic E-state index is -0.0585. The van der Waals surface area contributed by atoms with Gasteiger partial charge in [-0.15, -0.1) is 0 Å². The van der Waals surface area contributed by atoms with E-state index in [4.69, 9.17) is 16.7 Å².